The molecule has 2 rings (SSSR count). The van der Waals surface area contributed by atoms with Crippen LogP contribution in [0.25, 0.3) is 0 Å². The second-order valence-electron chi connectivity index (χ2n) is 4.71. The summed E-state index contributed by atoms with van der Waals surface area (Å²) in [6.07, 6.45) is 0.644. The molecule has 1 heterocycles. The highest BCUT2D eigenvalue weighted by molar-refractivity contribution is 6.01. The first-order chi connectivity index (χ1) is 9.67. The maximum Gasteiger partial charge on any atom is 0.229 e. The van der Waals surface area contributed by atoms with Crippen molar-refractivity contribution in [3.63, 3.8) is 0 Å². The average molecular weight is 276 g/mol. The van der Waals surface area contributed by atoms with Gasteiger partial charge in [0.1, 0.15) is 5.75 Å². The minimum Gasteiger partial charge on any atom is -0.494 e. The van der Waals surface area contributed by atoms with E-state index in [1.54, 1.807) is 0 Å². The lowest BCUT2D eigenvalue weighted by Gasteiger charge is -2.24. The van der Waals surface area contributed by atoms with Crippen molar-refractivity contribution in [3.8, 4) is 5.75 Å². The summed E-state index contributed by atoms with van der Waals surface area (Å²) < 4.78 is 5.61. The van der Waals surface area contributed by atoms with E-state index < -0.39 is 0 Å². The van der Waals surface area contributed by atoms with Crippen LogP contribution in [0.15, 0.2) is 24.3 Å². The van der Waals surface area contributed by atoms with Gasteiger partial charge in [-0.1, -0.05) is 18.2 Å². The van der Waals surface area contributed by atoms with E-state index >= 15 is 0 Å². The van der Waals surface area contributed by atoms with Crippen LogP contribution >= 0.6 is 0 Å². The van der Waals surface area contributed by atoms with E-state index in [4.69, 9.17) is 4.74 Å². The third-order valence-corrected chi connectivity index (χ3v) is 3.46. The van der Waals surface area contributed by atoms with Gasteiger partial charge in [0.05, 0.1) is 12.6 Å². The van der Waals surface area contributed by atoms with Crippen LogP contribution in [0.3, 0.4) is 0 Å². The molecule has 1 aromatic rings. The van der Waals surface area contributed by atoms with Gasteiger partial charge in [0, 0.05) is 24.9 Å². The molecule has 5 heteroatoms. The molecule has 1 unspecified atom stereocenters. The topological polar surface area (TPSA) is 58.6 Å². The molecule has 1 atom stereocenters. The summed E-state index contributed by atoms with van der Waals surface area (Å²) in [6.45, 7) is 2.85. The third-order valence-electron chi connectivity index (χ3n) is 3.46. The molecule has 0 aliphatic carbocycles. The Labute approximate surface area is 118 Å². The SMILES string of the molecule is CCOc1ccccc1C(CN1C(=O)CCC1=O)NC. The van der Waals surface area contributed by atoms with Crippen molar-refractivity contribution in [2.24, 2.45) is 0 Å². The number of likely N-dealkylation sites (tertiary alicyclic amines) is 1. The Morgan fingerprint density at radius 1 is 1.25 bits per heavy atom. The van der Waals surface area contributed by atoms with Crippen LogP contribution in [0.1, 0.15) is 31.4 Å². The largest absolute Gasteiger partial charge is 0.494 e. The molecule has 1 aliphatic rings. The number of ether oxygens (including phenoxy) is 1. The number of para-hydroxylation sites is 1. The van der Waals surface area contributed by atoms with Crippen molar-refractivity contribution in [1.82, 2.24) is 10.2 Å². The quantitative estimate of drug-likeness (QED) is 0.800. The fourth-order valence-corrected chi connectivity index (χ4v) is 2.41. The Balaban J connectivity index is 2.20. The first-order valence-corrected chi connectivity index (χ1v) is 6.89. The molecule has 0 bridgehead atoms. The number of carbonyl (C=O) groups excluding carboxylic acids is 2. The molecule has 1 aliphatic heterocycles. The van der Waals surface area contributed by atoms with Crippen molar-refractivity contribution in [2.75, 3.05) is 20.2 Å². The predicted molar refractivity (Wildman–Crippen MR) is 75.4 cm³/mol. The number of rotatable bonds is 6. The summed E-state index contributed by atoms with van der Waals surface area (Å²) >= 11 is 0. The van der Waals surface area contributed by atoms with Crippen molar-refractivity contribution < 1.29 is 14.3 Å². The minimum absolute atomic E-state index is 0.0934. The van der Waals surface area contributed by atoms with E-state index in [1.165, 1.54) is 4.90 Å². The molecule has 1 aromatic carbocycles. The van der Waals surface area contributed by atoms with Crippen LogP contribution in [0.5, 0.6) is 5.75 Å². The highest BCUT2D eigenvalue weighted by atomic mass is 16.5. The number of imide groups is 1. The van der Waals surface area contributed by atoms with Gasteiger partial charge in [0.25, 0.3) is 0 Å². The molecular formula is C15H20N2O3. The lowest BCUT2D eigenvalue weighted by atomic mass is 10.1. The summed E-state index contributed by atoms with van der Waals surface area (Å²) in [5.41, 5.74) is 0.962. The van der Waals surface area contributed by atoms with E-state index in [-0.39, 0.29) is 17.9 Å². The standard InChI is InChI=1S/C15H20N2O3/c1-3-20-13-7-5-4-6-11(13)12(16-2)10-17-14(18)8-9-15(17)19/h4-7,12,16H,3,8-10H2,1-2H3. The molecule has 1 fully saturated rings. The minimum atomic E-state index is -0.122. The summed E-state index contributed by atoms with van der Waals surface area (Å²) in [5.74, 6) is 0.599. The molecule has 0 aromatic heterocycles. The Hall–Kier alpha value is -1.88. The normalized spacial score (nSPS) is 16.6. The Kier molecular flexibility index (Phi) is 4.74. The monoisotopic (exact) mass is 276 g/mol. The van der Waals surface area contributed by atoms with Gasteiger partial charge in [-0.2, -0.15) is 0 Å². The van der Waals surface area contributed by atoms with E-state index in [0.29, 0.717) is 26.0 Å². The fourth-order valence-electron chi connectivity index (χ4n) is 2.41. The van der Waals surface area contributed by atoms with E-state index in [1.807, 2.05) is 38.2 Å². The van der Waals surface area contributed by atoms with Gasteiger partial charge >= 0.3 is 0 Å². The number of carbonyl (C=O) groups is 2. The summed E-state index contributed by atoms with van der Waals surface area (Å²) in [6, 6.07) is 7.57. The second kappa shape index (κ2) is 6.52. The second-order valence-corrected chi connectivity index (χ2v) is 4.71. The number of nitrogens with zero attached hydrogens (tertiary/aromatic N) is 1. The first-order valence-electron chi connectivity index (χ1n) is 6.89. The third kappa shape index (κ3) is 2.99. The molecule has 2 amide bonds. The maximum absolute atomic E-state index is 11.7. The predicted octanol–water partition coefficient (Wildman–Crippen LogP) is 1.49. The van der Waals surface area contributed by atoms with E-state index in [9.17, 15) is 9.59 Å². The van der Waals surface area contributed by atoms with Gasteiger partial charge in [-0.25, -0.2) is 0 Å². The number of likely N-dealkylation sites (N-methyl/N-ethyl adjacent to an activating group) is 1. The molecule has 1 N–H and O–H groups in total. The first kappa shape index (κ1) is 14.5. The Bertz CT molecular complexity index is 486. The number of amides is 2. The number of benzene rings is 1. The molecule has 0 radical (unpaired) electrons. The number of hydrogen-bond donors (Lipinski definition) is 1. The van der Waals surface area contributed by atoms with E-state index in [0.717, 1.165) is 11.3 Å². The fraction of sp³-hybridized carbons (Fsp3) is 0.467. The summed E-state index contributed by atoms with van der Waals surface area (Å²) in [4.78, 5) is 24.8. The van der Waals surface area contributed by atoms with Gasteiger partial charge in [-0.05, 0) is 20.0 Å². The van der Waals surface area contributed by atoms with E-state index in [2.05, 4.69) is 5.32 Å². The average Bonchev–Trinajstić information content (AvgIpc) is 2.77. The molecule has 1 saturated heterocycles. The van der Waals surface area contributed by atoms with Crippen LogP contribution < -0.4 is 10.1 Å². The summed E-state index contributed by atoms with van der Waals surface area (Å²) in [7, 11) is 1.82. The molecule has 108 valence electrons. The van der Waals surface area contributed by atoms with Crippen molar-refractivity contribution in [1.29, 1.82) is 0 Å². The maximum atomic E-state index is 11.7. The van der Waals surface area contributed by atoms with Crippen molar-refractivity contribution in [2.45, 2.75) is 25.8 Å². The van der Waals surface area contributed by atoms with Crippen LogP contribution in [0, 0.1) is 0 Å². The summed E-state index contributed by atoms with van der Waals surface area (Å²) in [5, 5.41) is 3.16. The van der Waals surface area contributed by atoms with Crippen LogP contribution in [-0.2, 0) is 9.59 Å². The molecule has 0 spiro atoms. The van der Waals surface area contributed by atoms with Crippen LogP contribution in [0.4, 0.5) is 0 Å². The zero-order chi connectivity index (χ0) is 14.5. The van der Waals surface area contributed by atoms with Crippen molar-refractivity contribution in [3.05, 3.63) is 29.8 Å². The van der Waals surface area contributed by atoms with Gasteiger partial charge in [0.2, 0.25) is 11.8 Å². The van der Waals surface area contributed by atoms with Gasteiger partial charge in [-0.15, -0.1) is 0 Å². The van der Waals surface area contributed by atoms with Crippen molar-refractivity contribution >= 4 is 11.8 Å². The number of hydrogen-bond acceptors (Lipinski definition) is 4. The highest BCUT2D eigenvalue weighted by Crippen LogP contribution is 2.27. The van der Waals surface area contributed by atoms with Gasteiger partial charge < -0.3 is 10.1 Å². The molecule has 20 heavy (non-hydrogen) atoms. The Morgan fingerprint density at radius 3 is 2.50 bits per heavy atom. The van der Waals surface area contributed by atoms with Crippen LogP contribution in [0.2, 0.25) is 0 Å². The number of nitrogens with one attached hydrogen (secondary N) is 1. The zero-order valence-electron chi connectivity index (χ0n) is 11.9. The van der Waals surface area contributed by atoms with Gasteiger partial charge in [-0.3, -0.25) is 14.5 Å². The lowest BCUT2D eigenvalue weighted by Crippen LogP contribution is -2.37. The zero-order valence-corrected chi connectivity index (χ0v) is 11.9. The lowest BCUT2D eigenvalue weighted by molar-refractivity contribution is -0.138. The Morgan fingerprint density at radius 2 is 1.90 bits per heavy atom. The molecule has 0 saturated carbocycles. The smallest absolute Gasteiger partial charge is 0.229 e. The van der Waals surface area contributed by atoms with Gasteiger partial charge in [0.15, 0.2) is 0 Å². The highest BCUT2D eigenvalue weighted by Gasteiger charge is 2.31. The molecule has 5 nitrogen and oxygen atoms in total. The molecular weight excluding hydrogens is 256 g/mol. The van der Waals surface area contributed by atoms with Crippen LogP contribution in [-0.4, -0.2) is 36.9 Å².